The highest BCUT2D eigenvalue weighted by molar-refractivity contribution is 5.85. The van der Waals surface area contributed by atoms with Crippen molar-refractivity contribution in [3.8, 4) is 0 Å². The zero-order valence-corrected chi connectivity index (χ0v) is 14.3. The lowest BCUT2D eigenvalue weighted by Gasteiger charge is -2.07. The topological polar surface area (TPSA) is 34.0 Å². The van der Waals surface area contributed by atoms with Crippen molar-refractivity contribution in [2.75, 3.05) is 0 Å². The highest BCUT2D eigenvalue weighted by Gasteiger charge is 2.11. The van der Waals surface area contributed by atoms with E-state index in [4.69, 9.17) is 0 Å². The van der Waals surface area contributed by atoms with E-state index >= 15 is 0 Å². The number of amides is 1. The molecule has 1 N–H and O–H groups in total. The van der Waals surface area contributed by atoms with Crippen molar-refractivity contribution in [2.24, 2.45) is 0 Å². The van der Waals surface area contributed by atoms with E-state index in [2.05, 4.69) is 64.6 Å². The highest BCUT2D eigenvalue weighted by atomic mass is 16.1. The molecule has 0 aliphatic carbocycles. The number of benzene rings is 2. The van der Waals surface area contributed by atoms with E-state index in [0.29, 0.717) is 6.42 Å². The molecule has 0 unspecified atom stereocenters. The minimum absolute atomic E-state index is 0.116. The van der Waals surface area contributed by atoms with E-state index in [9.17, 15) is 4.79 Å². The van der Waals surface area contributed by atoms with Crippen molar-refractivity contribution in [1.82, 2.24) is 9.88 Å². The molecular formula is C21H24N2O. The van der Waals surface area contributed by atoms with E-state index in [0.717, 1.165) is 13.0 Å². The molecule has 3 nitrogen and oxygen atoms in total. The van der Waals surface area contributed by atoms with Crippen molar-refractivity contribution in [2.45, 2.75) is 39.3 Å². The van der Waals surface area contributed by atoms with Crippen LogP contribution >= 0.6 is 0 Å². The molecule has 0 fully saturated rings. The lowest BCUT2D eigenvalue weighted by atomic mass is 10.1. The summed E-state index contributed by atoms with van der Waals surface area (Å²) in [5, 5.41) is 4.20. The van der Waals surface area contributed by atoms with Gasteiger partial charge >= 0.3 is 0 Å². The van der Waals surface area contributed by atoms with Gasteiger partial charge in [-0.2, -0.15) is 0 Å². The average molecular weight is 320 g/mol. The minimum atomic E-state index is 0.116. The fraction of sp³-hybridized carbons (Fsp3) is 0.286. The van der Waals surface area contributed by atoms with E-state index in [1.54, 1.807) is 0 Å². The van der Waals surface area contributed by atoms with Crippen LogP contribution in [0.1, 0.15) is 31.4 Å². The molecule has 0 spiro atoms. The van der Waals surface area contributed by atoms with Gasteiger partial charge in [0.05, 0.1) is 0 Å². The summed E-state index contributed by atoms with van der Waals surface area (Å²) in [6, 6.07) is 19.1. The van der Waals surface area contributed by atoms with Gasteiger partial charge in [0.15, 0.2) is 0 Å². The number of aryl methyl sites for hydroxylation is 1. The van der Waals surface area contributed by atoms with E-state index < -0.39 is 0 Å². The van der Waals surface area contributed by atoms with Gasteiger partial charge < -0.3 is 9.88 Å². The van der Waals surface area contributed by atoms with Crippen LogP contribution in [0.5, 0.6) is 0 Å². The van der Waals surface area contributed by atoms with Gasteiger partial charge in [-0.15, -0.1) is 0 Å². The molecule has 0 aliphatic rings. The Morgan fingerprint density at radius 1 is 1.04 bits per heavy atom. The van der Waals surface area contributed by atoms with Crippen LogP contribution in [0.15, 0.2) is 60.8 Å². The van der Waals surface area contributed by atoms with Crippen LogP contribution in [0.3, 0.4) is 0 Å². The molecule has 0 bridgehead atoms. The largest absolute Gasteiger partial charge is 0.354 e. The maximum absolute atomic E-state index is 11.9. The summed E-state index contributed by atoms with van der Waals surface area (Å²) >= 11 is 0. The smallest absolute Gasteiger partial charge is 0.220 e. The molecule has 0 radical (unpaired) electrons. The summed E-state index contributed by atoms with van der Waals surface area (Å²) < 4.78 is 2.28. The minimum Gasteiger partial charge on any atom is -0.354 e. The number of hydrogen-bond acceptors (Lipinski definition) is 1. The molecule has 0 saturated heterocycles. The Morgan fingerprint density at radius 2 is 1.75 bits per heavy atom. The first-order valence-electron chi connectivity index (χ1n) is 8.53. The van der Waals surface area contributed by atoms with Gasteiger partial charge in [-0.25, -0.2) is 0 Å². The summed E-state index contributed by atoms with van der Waals surface area (Å²) in [6.45, 7) is 4.83. The van der Waals surface area contributed by atoms with Gasteiger partial charge in [0, 0.05) is 36.1 Å². The number of carbonyl (C=O) groups is 1. The Labute approximate surface area is 143 Å². The SMILES string of the molecule is CC(C)NC(=O)CCc1cn(Cc2ccccc2)c2ccccc12. The molecule has 24 heavy (non-hydrogen) atoms. The van der Waals surface area contributed by atoms with Crippen LogP contribution in [0.4, 0.5) is 0 Å². The number of rotatable bonds is 6. The van der Waals surface area contributed by atoms with Crippen LogP contribution in [0.25, 0.3) is 10.9 Å². The van der Waals surface area contributed by atoms with Crippen LogP contribution in [0, 0.1) is 0 Å². The Balaban J connectivity index is 1.82. The second kappa shape index (κ2) is 7.35. The number of hydrogen-bond donors (Lipinski definition) is 1. The second-order valence-electron chi connectivity index (χ2n) is 6.51. The zero-order valence-electron chi connectivity index (χ0n) is 14.3. The first-order chi connectivity index (χ1) is 11.6. The number of carbonyl (C=O) groups excluding carboxylic acids is 1. The van der Waals surface area contributed by atoms with E-state index in [-0.39, 0.29) is 11.9 Å². The van der Waals surface area contributed by atoms with E-state index in [1.807, 2.05) is 19.9 Å². The van der Waals surface area contributed by atoms with Gasteiger partial charge in [0.25, 0.3) is 0 Å². The van der Waals surface area contributed by atoms with Crippen LogP contribution in [0.2, 0.25) is 0 Å². The number of para-hydroxylation sites is 1. The first-order valence-corrected chi connectivity index (χ1v) is 8.53. The molecule has 3 heteroatoms. The first kappa shape index (κ1) is 16.3. The predicted molar refractivity (Wildman–Crippen MR) is 99.1 cm³/mol. The molecule has 1 amide bonds. The molecule has 0 saturated carbocycles. The lowest BCUT2D eigenvalue weighted by molar-refractivity contribution is -0.121. The van der Waals surface area contributed by atoms with Gasteiger partial charge in [0.1, 0.15) is 0 Å². The zero-order chi connectivity index (χ0) is 16.9. The third kappa shape index (κ3) is 3.85. The third-order valence-electron chi connectivity index (χ3n) is 4.14. The maximum Gasteiger partial charge on any atom is 0.220 e. The Kier molecular flexibility index (Phi) is 4.99. The molecule has 1 aromatic heterocycles. The summed E-state index contributed by atoms with van der Waals surface area (Å²) in [5.41, 5.74) is 3.74. The summed E-state index contributed by atoms with van der Waals surface area (Å²) in [6.07, 6.45) is 3.48. The monoisotopic (exact) mass is 320 g/mol. The van der Waals surface area contributed by atoms with Crippen molar-refractivity contribution in [3.05, 3.63) is 71.9 Å². The normalized spacial score (nSPS) is 11.1. The molecule has 2 aromatic carbocycles. The van der Waals surface area contributed by atoms with Crippen LogP contribution < -0.4 is 5.32 Å². The van der Waals surface area contributed by atoms with Crippen molar-refractivity contribution < 1.29 is 4.79 Å². The molecule has 3 aromatic rings. The lowest BCUT2D eigenvalue weighted by Crippen LogP contribution is -2.30. The van der Waals surface area contributed by atoms with Gasteiger partial charge in [-0.05, 0) is 37.5 Å². The Bertz CT molecular complexity index is 818. The van der Waals surface area contributed by atoms with Gasteiger partial charge in [-0.1, -0.05) is 48.5 Å². The second-order valence-corrected chi connectivity index (χ2v) is 6.51. The average Bonchev–Trinajstić information content (AvgIpc) is 2.91. The number of nitrogens with zero attached hydrogens (tertiary/aromatic N) is 1. The Hall–Kier alpha value is -2.55. The Morgan fingerprint density at radius 3 is 2.50 bits per heavy atom. The highest BCUT2D eigenvalue weighted by Crippen LogP contribution is 2.23. The molecular weight excluding hydrogens is 296 g/mol. The molecule has 124 valence electrons. The van der Waals surface area contributed by atoms with Crippen molar-refractivity contribution in [3.63, 3.8) is 0 Å². The summed E-state index contributed by atoms with van der Waals surface area (Å²) in [5.74, 6) is 0.116. The molecule has 0 atom stereocenters. The predicted octanol–water partition coefficient (Wildman–Crippen LogP) is 4.15. The van der Waals surface area contributed by atoms with Crippen molar-refractivity contribution >= 4 is 16.8 Å². The van der Waals surface area contributed by atoms with Gasteiger partial charge in [0.2, 0.25) is 5.91 Å². The van der Waals surface area contributed by atoms with Crippen molar-refractivity contribution in [1.29, 1.82) is 0 Å². The number of aromatic nitrogens is 1. The van der Waals surface area contributed by atoms with Crippen LogP contribution in [-0.2, 0) is 17.8 Å². The van der Waals surface area contributed by atoms with E-state index in [1.165, 1.54) is 22.0 Å². The standard InChI is InChI=1S/C21H24N2O/c1-16(2)22-21(24)13-12-18-15-23(14-17-8-4-3-5-9-17)20-11-7-6-10-19(18)20/h3-11,15-16H,12-14H2,1-2H3,(H,22,24). The third-order valence-corrected chi connectivity index (χ3v) is 4.14. The number of fused-ring (bicyclic) bond motifs is 1. The summed E-state index contributed by atoms with van der Waals surface area (Å²) in [7, 11) is 0. The summed E-state index contributed by atoms with van der Waals surface area (Å²) in [4.78, 5) is 11.9. The maximum atomic E-state index is 11.9. The van der Waals surface area contributed by atoms with Gasteiger partial charge in [-0.3, -0.25) is 4.79 Å². The fourth-order valence-electron chi connectivity index (χ4n) is 3.08. The molecule has 1 heterocycles. The van der Waals surface area contributed by atoms with Crippen LogP contribution in [-0.4, -0.2) is 16.5 Å². The quantitative estimate of drug-likeness (QED) is 0.727. The molecule has 3 rings (SSSR count). The molecule has 0 aliphatic heterocycles. The number of nitrogens with one attached hydrogen (secondary N) is 1. The fourth-order valence-corrected chi connectivity index (χ4v) is 3.08.